The van der Waals surface area contributed by atoms with E-state index in [0.29, 0.717) is 24.1 Å². The summed E-state index contributed by atoms with van der Waals surface area (Å²) < 4.78 is 13.2. The Kier molecular flexibility index (Phi) is 5.80. The molecule has 0 bridgehead atoms. The van der Waals surface area contributed by atoms with E-state index in [9.17, 15) is 4.39 Å². The van der Waals surface area contributed by atoms with Gasteiger partial charge in [-0.25, -0.2) is 4.39 Å². The van der Waals surface area contributed by atoms with Crippen LogP contribution in [0.2, 0.25) is 0 Å². The number of hydrogen-bond acceptors (Lipinski definition) is 2. The van der Waals surface area contributed by atoms with Crippen molar-refractivity contribution in [1.29, 1.82) is 5.26 Å². The molecule has 0 aliphatic carbocycles. The van der Waals surface area contributed by atoms with Crippen LogP contribution in [0.1, 0.15) is 44.7 Å². The molecule has 0 radical (unpaired) electrons. The fourth-order valence-electron chi connectivity index (χ4n) is 1.79. The molecule has 0 saturated heterocycles. The minimum absolute atomic E-state index is 0.347. The van der Waals surface area contributed by atoms with Crippen molar-refractivity contribution in [2.24, 2.45) is 5.92 Å². The zero-order chi connectivity index (χ0) is 13.5. The van der Waals surface area contributed by atoms with Crippen molar-refractivity contribution in [2.75, 3.05) is 0 Å². The van der Waals surface area contributed by atoms with Gasteiger partial charge in [0.1, 0.15) is 5.82 Å². The highest BCUT2D eigenvalue weighted by Crippen LogP contribution is 2.10. The normalized spacial score (nSPS) is 12.4. The smallest absolute Gasteiger partial charge is 0.124 e. The average molecular weight is 248 g/mol. The maximum absolute atomic E-state index is 13.2. The van der Waals surface area contributed by atoms with E-state index < -0.39 is 0 Å². The molecule has 3 heteroatoms. The molecular weight excluding hydrogens is 227 g/mol. The molecule has 2 nitrogen and oxygen atoms in total. The van der Waals surface area contributed by atoms with E-state index in [1.165, 1.54) is 18.6 Å². The van der Waals surface area contributed by atoms with Gasteiger partial charge in [-0.15, -0.1) is 0 Å². The van der Waals surface area contributed by atoms with E-state index in [4.69, 9.17) is 5.26 Å². The molecule has 0 spiro atoms. The number of nitriles is 1. The standard InChI is InChI=1S/C15H21FN2/c1-11(2)4-5-12(3)18-10-14-6-13(9-17)7-15(16)8-14/h6-8,11-12,18H,4-5,10H2,1-3H3. The Morgan fingerprint density at radius 2 is 1.94 bits per heavy atom. The van der Waals surface area contributed by atoms with Crippen LogP contribution in [-0.2, 0) is 6.54 Å². The summed E-state index contributed by atoms with van der Waals surface area (Å²) in [5, 5.41) is 12.1. The van der Waals surface area contributed by atoms with Crippen LogP contribution in [0.4, 0.5) is 4.39 Å². The Morgan fingerprint density at radius 3 is 2.56 bits per heavy atom. The predicted octanol–water partition coefficient (Wildman–Crippen LogP) is 3.61. The van der Waals surface area contributed by atoms with Gasteiger partial charge in [-0.1, -0.05) is 13.8 Å². The third kappa shape index (κ3) is 5.29. The highest BCUT2D eigenvalue weighted by Gasteiger charge is 2.05. The number of benzene rings is 1. The number of nitrogens with one attached hydrogen (secondary N) is 1. The predicted molar refractivity (Wildman–Crippen MR) is 71.5 cm³/mol. The van der Waals surface area contributed by atoms with Gasteiger partial charge < -0.3 is 5.32 Å². The van der Waals surface area contributed by atoms with Gasteiger partial charge in [0.2, 0.25) is 0 Å². The number of hydrogen-bond donors (Lipinski definition) is 1. The molecule has 0 aliphatic heterocycles. The Bertz CT molecular complexity index is 421. The molecule has 98 valence electrons. The maximum Gasteiger partial charge on any atom is 0.124 e. The summed E-state index contributed by atoms with van der Waals surface area (Å²) >= 11 is 0. The van der Waals surface area contributed by atoms with Crippen molar-refractivity contribution in [1.82, 2.24) is 5.32 Å². The monoisotopic (exact) mass is 248 g/mol. The second-order valence-corrected chi connectivity index (χ2v) is 5.21. The van der Waals surface area contributed by atoms with Gasteiger partial charge in [0.15, 0.2) is 0 Å². The fraction of sp³-hybridized carbons (Fsp3) is 0.533. The van der Waals surface area contributed by atoms with Crippen LogP contribution in [0.5, 0.6) is 0 Å². The number of rotatable bonds is 6. The first-order valence-corrected chi connectivity index (χ1v) is 6.44. The van der Waals surface area contributed by atoms with E-state index in [1.54, 1.807) is 6.07 Å². The summed E-state index contributed by atoms with van der Waals surface area (Å²) in [7, 11) is 0. The van der Waals surface area contributed by atoms with E-state index in [2.05, 4.69) is 26.1 Å². The third-order valence-corrected chi connectivity index (χ3v) is 2.92. The summed E-state index contributed by atoms with van der Waals surface area (Å²) in [6.45, 7) is 7.15. The fourth-order valence-corrected chi connectivity index (χ4v) is 1.79. The van der Waals surface area contributed by atoms with E-state index in [0.717, 1.165) is 12.0 Å². The van der Waals surface area contributed by atoms with Crippen LogP contribution in [0, 0.1) is 23.1 Å². The van der Waals surface area contributed by atoms with Gasteiger partial charge in [0.25, 0.3) is 0 Å². The molecule has 1 atom stereocenters. The molecule has 1 rings (SSSR count). The van der Waals surface area contributed by atoms with Crippen molar-refractivity contribution in [3.63, 3.8) is 0 Å². The van der Waals surface area contributed by atoms with Crippen molar-refractivity contribution in [3.8, 4) is 6.07 Å². The Labute approximate surface area is 109 Å². The second kappa shape index (κ2) is 7.13. The van der Waals surface area contributed by atoms with Crippen LogP contribution >= 0.6 is 0 Å². The lowest BCUT2D eigenvalue weighted by molar-refractivity contribution is 0.450. The zero-order valence-electron chi connectivity index (χ0n) is 11.3. The largest absolute Gasteiger partial charge is 0.310 e. The van der Waals surface area contributed by atoms with Gasteiger partial charge in [-0.3, -0.25) is 0 Å². The molecule has 0 heterocycles. The lowest BCUT2D eigenvalue weighted by Crippen LogP contribution is -2.25. The Balaban J connectivity index is 2.48. The maximum atomic E-state index is 13.2. The van der Waals surface area contributed by atoms with Crippen LogP contribution in [-0.4, -0.2) is 6.04 Å². The van der Waals surface area contributed by atoms with Gasteiger partial charge in [0, 0.05) is 12.6 Å². The van der Waals surface area contributed by atoms with Crippen molar-refractivity contribution < 1.29 is 4.39 Å². The molecule has 0 fully saturated rings. The molecule has 0 aromatic heterocycles. The summed E-state index contributed by atoms with van der Waals surface area (Å²) in [6.07, 6.45) is 2.29. The highest BCUT2D eigenvalue weighted by atomic mass is 19.1. The van der Waals surface area contributed by atoms with Crippen molar-refractivity contribution in [2.45, 2.75) is 46.2 Å². The van der Waals surface area contributed by atoms with Crippen molar-refractivity contribution >= 4 is 0 Å². The molecule has 18 heavy (non-hydrogen) atoms. The third-order valence-electron chi connectivity index (χ3n) is 2.92. The molecule has 1 unspecified atom stereocenters. The molecular formula is C15H21FN2. The van der Waals surface area contributed by atoms with Crippen LogP contribution in [0.3, 0.4) is 0 Å². The summed E-state index contributed by atoms with van der Waals surface area (Å²) in [6, 6.07) is 6.83. The van der Waals surface area contributed by atoms with Crippen LogP contribution in [0.25, 0.3) is 0 Å². The molecule has 1 aromatic carbocycles. The Hall–Kier alpha value is -1.40. The lowest BCUT2D eigenvalue weighted by Gasteiger charge is -2.15. The molecule has 0 saturated carbocycles. The highest BCUT2D eigenvalue weighted by molar-refractivity contribution is 5.33. The van der Waals surface area contributed by atoms with Gasteiger partial charge >= 0.3 is 0 Å². The number of nitrogens with zero attached hydrogens (tertiary/aromatic N) is 1. The summed E-state index contributed by atoms with van der Waals surface area (Å²) in [5.74, 6) is 0.356. The average Bonchev–Trinajstić information content (AvgIpc) is 2.33. The molecule has 0 amide bonds. The minimum Gasteiger partial charge on any atom is -0.310 e. The first-order valence-electron chi connectivity index (χ1n) is 6.44. The SMILES string of the molecule is CC(C)CCC(C)NCc1cc(F)cc(C#N)c1. The topological polar surface area (TPSA) is 35.8 Å². The second-order valence-electron chi connectivity index (χ2n) is 5.21. The quantitative estimate of drug-likeness (QED) is 0.834. The van der Waals surface area contributed by atoms with Crippen LogP contribution < -0.4 is 5.32 Å². The van der Waals surface area contributed by atoms with Crippen molar-refractivity contribution in [3.05, 3.63) is 35.1 Å². The van der Waals surface area contributed by atoms with E-state index in [1.807, 2.05) is 6.07 Å². The van der Waals surface area contributed by atoms with Gasteiger partial charge in [-0.2, -0.15) is 5.26 Å². The molecule has 1 aromatic rings. The first-order chi connectivity index (χ1) is 8.51. The number of halogens is 1. The van der Waals surface area contributed by atoms with E-state index >= 15 is 0 Å². The van der Waals surface area contributed by atoms with E-state index in [-0.39, 0.29) is 5.82 Å². The van der Waals surface area contributed by atoms with Gasteiger partial charge in [-0.05, 0) is 49.4 Å². The molecule has 0 aliphatic rings. The first kappa shape index (κ1) is 14.7. The zero-order valence-corrected chi connectivity index (χ0v) is 11.3. The minimum atomic E-state index is -0.347. The molecule has 1 N–H and O–H groups in total. The lowest BCUT2D eigenvalue weighted by atomic mass is 10.0. The Morgan fingerprint density at radius 1 is 1.22 bits per heavy atom. The summed E-state index contributed by atoms with van der Waals surface area (Å²) in [4.78, 5) is 0. The summed E-state index contributed by atoms with van der Waals surface area (Å²) in [5.41, 5.74) is 1.20. The van der Waals surface area contributed by atoms with Crippen LogP contribution in [0.15, 0.2) is 18.2 Å². The van der Waals surface area contributed by atoms with Gasteiger partial charge in [0.05, 0.1) is 11.6 Å².